The first-order chi connectivity index (χ1) is 16.9. The Labute approximate surface area is 220 Å². The summed E-state index contributed by atoms with van der Waals surface area (Å²) in [5.41, 5.74) is 3.64. The van der Waals surface area contributed by atoms with Crippen LogP contribution in [0.2, 0.25) is 15.1 Å². The van der Waals surface area contributed by atoms with Crippen molar-refractivity contribution >= 4 is 58.2 Å². The van der Waals surface area contributed by atoms with Gasteiger partial charge in [0, 0.05) is 65.8 Å². The summed E-state index contributed by atoms with van der Waals surface area (Å²) in [4.78, 5) is 17.2. The van der Waals surface area contributed by atoms with Crippen LogP contribution in [0, 0.1) is 0 Å². The average molecular weight is 531 g/mol. The summed E-state index contributed by atoms with van der Waals surface area (Å²) in [5.74, 6) is 0.209. The maximum Gasteiger partial charge on any atom is 0.248 e. The zero-order valence-electron chi connectivity index (χ0n) is 19.3. The number of hydrogen-bond donors (Lipinski definition) is 1. The summed E-state index contributed by atoms with van der Waals surface area (Å²) >= 11 is 18.5. The number of nitrogens with zero attached hydrogens (tertiary/aromatic N) is 2. The second-order valence-corrected chi connectivity index (χ2v) is 9.48. The minimum absolute atomic E-state index is 0.260. The number of rotatable bonds is 7. The van der Waals surface area contributed by atoms with Crippen LogP contribution in [-0.2, 0) is 11.3 Å². The van der Waals surface area contributed by atoms with Gasteiger partial charge in [-0.15, -0.1) is 0 Å². The zero-order chi connectivity index (χ0) is 24.8. The molecule has 0 spiro atoms. The van der Waals surface area contributed by atoms with Crippen LogP contribution < -0.4 is 15.0 Å². The Morgan fingerprint density at radius 2 is 1.69 bits per heavy atom. The predicted octanol–water partition coefficient (Wildman–Crippen LogP) is 6.63. The van der Waals surface area contributed by atoms with Gasteiger partial charge in [-0.2, -0.15) is 0 Å². The van der Waals surface area contributed by atoms with Gasteiger partial charge in [0.1, 0.15) is 5.75 Å². The Morgan fingerprint density at radius 1 is 0.971 bits per heavy atom. The third-order valence-electron chi connectivity index (χ3n) is 5.88. The van der Waals surface area contributed by atoms with Gasteiger partial charge in [-0.05, 0) is 54.1 Å². The topological polar surface area (TPSA) is 44.8 Å². The quantitative estimate of drug-likeness (QED) is 0.348. The van der Waals surface area contributed by atoms with Crippen LogP contribution in [0.5, 0.6) is 5.75 Å². The van der Waals surface area contributed by atoms with E-state index in [1.807, 2.05) is 42.5 Å². The number of ether oxygens (including phenoxy) is 1. The van der Waals surface area contributed by atoms with Gasteiger partial charge in [-0.3, -0.25) is 9.69 Å². The van der Waals surface area contributed by atoms with Gasteiger partial charge in [-0.1, -0.05) is 53.0 Å². The van der Waals surface area contributed by atoms with Gasteiger partial charge in [0.15, 0.2) is 0 Å². The third-order valence-corrected chi connectivity index (χ3v) is 6.75. The summed E-state index contributed by atoms with van der Waals surface area (Å²) < 4.78 is 5.31. The molecule has 0 bridgehead atoms. The molecule has 182 valence electrons. The Morgan fingerprint density at radius 3 is 2.37 bits per heavy atom. The van der Waals surface area contributed by atoms with E-state index in [0.717, 1.165) is 54.7 Å². The van der Waals surface area contributed by atoms with Crippen molar-refractivity contribution in [3.63, 3.8) is 0 Å². The number of carbonyl (C=O) groups is 1. The molecular weight excluding hydrogens is 505 g/mol. The maximum atomic E-state index is 12.4. The lowest BCUT2D eigenvalue weighted by molar-refractivity contribution is -0.111. The van der Waals surface area contributed by atoms with E-state index >= 15 is 0 Å². The number of methoxy groups -OCH3 is 1. The van der Waals surface area contributed by atoms with Gasteiger partial charge >= 0.3 is 0 Å². The van der Waals surface area contributed by atoms with Gasteiger partial charge in [0.2, 0.25) is 5.91 Å². The van der Waals surface area contributed by atoms with Crippen molar-refractivity contribution in [1.82, 2.24) is 4.90 Å². The summed E-state index contributed by atoms with van der Waals surface area (Å²) in [6, 6.07) is 19.2. The fourth-order valence-electron chi connectivity index (χ4n) is 4.06. The minimum atomic E-state index is -0.260. The highest BCUT2D eigenvalue weighted by Gasteiger charge is 2.18. The van der Waals surface area contributed by atoms with E-state index < -0.39 is 0 Å². The number of halogens is 3. The average Bonchev–Trinajstić information content (AvgIpc) is 2.85. The van der Waals surface area contributed by atoms with Crippen LogP contribution in [-0.4, -0.2) is 44.1 Å². The number of carbonyl (C=O) groups excluding carboxylic acids is 1. The molecule has 3 aromatic carbocycles. The normalized spacial score (nSPS) is 14.3. The first-order valence-electron chi connectivity index (χ1n) is 11.3. The summed E-state index contributed by atoms with van der Waals surface area (Å²) in [6.45, 7) is 4.65. The molecule has 1 N–H and O–H groups in total. The first kappa shape index (κ1) is 25.4. The third kappa shape index (κ3) is 6.71. The van der Waals surface area contributed by atoms with Crippen molar-refractivity contribution in [2.45, 2.75) is 6.54 Å². The number of amides is 1. The van der Waals surface area contributed by atoms with E-state index in [1.165, 1.54) is 13.2 Å². The standard InChI is InChI=1S/C27H26Cl3N3O2/c1-35-27-19(16-21(28)17-25(27)30)6-11-26(34)31-22-7-9-23(10-8-22)33-14-12-32(13-15-33)18-20-4-2-3-5-24(20)29/h2-11,16-17H,12-15,18H2,1H3,(H,31,34). The maximum absolute atomic E-state index is 12.4. The molecule has 0 atom stereocenters. The number of anilines is 2. The molecule has 8 heteroatoms. The lowest BCUT2D eigenvalue weighted by Gasteiger charge is -2.36. The molecule has 1 heterocycles. The highest BCUT2D eigenvalue weighted by Crippen LogP contribution is 2.33. The van der Waals surface area contributed by atoms with Crippen molar-refractivity contribution in [2.24, 2.45) is 0 Å². The van der Waals surface area contributed by atoms with Crippen LogP contribution in [0.15, 0.2) is 66.7 Å². The fraction of sp³-hybridized carbons (Fsp3) is 0.222. The molecule has 0 saturated carbocycles. The second-order valence-electron chi connectivity index (χ2n) is 8.23. The lowest BCUT2D eigenvalue weighted by Crippen LogP contribution is -2.46. The van der Waals surface area contributed by atoms with Crippen molar-refractivity contribution in [2.75, 3.05) is 43.5 Å². The molecule has 0 unspecified atom stereocenters. The molecule has 5 nitrogen and oxygen atoms in total. The smallest absolute Gasteiger partial charge is 0.248 e. The Hall–Kier alpha value is -2.70. The van der Waals surface area contributed by atoms with E-state index in [0.29, 0.717) is 21.4 Å². The number of benzene rings is 3. The Balaban J connectivity index is 1.30. The first-order valence-corrected chi connectivity index (χ1v) is 12.4. The molecule has 35 heavy (non-hydrogen) atoms. The molecule has 1 fully saturated rings. The van der Waals surface area contributed by atoms with Crippen LogP contribution in [0.3, 0.4) is 0 Å². The molecule has 4 rings (SSSR count). The van der Waals surface area contributed by atoms with Crippen molar-refractivity contribution < 1.29 is 9.53 Å². The van der Waals surface area contributed by atoms with E-state index in [-0.39, 0.29) is 5.91 Å². The van der Waals surface area contributed by atoms with Crippen LogP contribution in [0.1, 0.15) is 11.1 Å². The monoisotopic (exact) mass is 529 g/mol. The van der Waals surface area contributed by atoms with E-state index in [9.17, 15) is 4.79 Å². The predicted molar refractivity (Wildman–Crippen MR) is 146 cm³/mol. The summed E-state index contributed by atoms with van der Waals surface area (Å²) in [7, 11) is 1.52. The van der Waals surface area contributed by atoms with Gasteiger partial charge in [0.25, 0.3) is 0 Å². The minimum Gasteiger partial charge on any atom is -0.495 e. The highest BCUT2D eigenvalue weighted by molar-refractivity contribution is 6.36. The zero-order valence-corrected chi connectivity index (χ0v) is 21.6. The van der Waals surface area contributed by atoms with Crippen molar-refractivity contribution in [3.05, 3.63) is 92.9 Å². The molecule has 1 amide bonds. The molecule has 0 aliphatic carbocycles. The van der Waals surface area contributed by atoms with Crippen LogP contribution in [0.25, 0.3) is 6.08 Å². The van der Waals surface area contributed by atoms with Gasteiger partial charge < -0.3 is 15.0 Å². The number of nitrogens with one attached hydrogen (secondary N) is 1. The van der Waals surface area contributed by atoms with Crippen LogP contribution in [0.4, 0.5) is 11.4 Å². The number of hydrogen-bond acceptors (Lipinski definition) is 4. The van der Waals surface area contributed by atoms with Gasteiger partial charge in [-0.25, -0.2) is 0 Å². The molecule has 1 saturated heterocycles. The fourth-order valence-corrected chi connectivity index (χ4v) is 4.84. The summed E-state index contributed by atoms with van der Waals surface area (Å²) in [5, 5.41) is 4.55. The van der Waals surface area contributed by atoms with Crippen molar-refractivity contribution in [3.8, 4) is 5.75 Å². The largest absolute Gasteiger partial charge is 0.495 e. The molecule has 0 radical (unpaired) electrons. The Bertz CT molecular complexity index is 1210. The Kier molecular flexibility index (Phi) is 8.58. The number of piperazine rings is 1. The molecule has 0 aromatic heterocycles. The second kappa shape index (κ2) is 11.8. The SMILES string of the molecule is COc1c(Cl)cc(Cl)cc1C=CC(=O)Nc1ccc(N2CCN(Cc3ccccc3Cl)CC2)cc1. The van der Waals surface area contributed by atoms with Crippen molar-refractivity contribution in [1.29, 1.82) is 0 Å². The molecule has 1 aliphatic rings. The lowest BCUT2D eigenvalue weighted by atomic mass is 10.1. The molecular formula is C27H26Cl3N3O2. The van der Waals surface area contributed by atoms with E-state index in [2.05, 4.69) is 21.2 Å². The van der Waals surface area contributed by atoms with E-state index in [4.69, 9.17) is 39.5 Å². The summed E-state index contributed by atoms with van der Waals surface area (Å²) in [6.07, 6.45) is 3.05. The van der Waals surface area contributed by atoms with E-state index in [1.54, 1.807) is 18.2 Å². The van der Waals surface area contributed by atoms with Crippen LogP contribution >= 0.6 is 34.8 Å². The molecule has 1 aliphatic heterocycles. The van der Waals surface area contributed by atoms with Gasteiger partial charge in [0.05, 0.1) is 12.1 Å². The molecule has 3 aromatic rings. The highest BCUT2D eigenvalue weighted by atomic mass is 35.5.